The molecule has 0 radical (unpaired) electrons. The highest BCUT2D eigenvalue weighted by atomic mass is 32.2. The summed E-state index contributed by atoms with van der Waals surface area (Å²) in [6.07, 6.45) is 0. The number of hydrogen-bond donors (Lipinski definition) is 0. The zero-order valence-corrected chi connectivity index (χ0v) is 17.4. The first kappa shape index (κ1) is 19.8. The van der Waals surface area contributed by atoms with Crippen molar-refractivity contribution >= 4 is 10.0 Å². The molecule has 1 fully saturated rings. The van der Waals surface area contributed by atoms with Gasteiger partial charge in [-0.1, -0.05) is 35.9 Å². The quantitative estimate of drug-likeness (QED) is 0.641. The normalized spacial score (nSPS) is 16.2. The van der Waals surface area contributed by atoms with Gasteiger partial charge in [-0.15, -0.1) is 10.2 Å². The summed E-state index contributed by atoms with van der Waals surface area (Å²) in [5.74, 6) is 1.03. The molecule has 29 heavy (non-hydrogen) atoms. The van der Waals surface area contributed by atoms with E-state index in [9.17, 15) is 8.42 Å². The van der Waals surface area contributed by atoms with Crippen molar-refractivity contribution in [2.45, 2.75) is 25.3 Å². The summed E-state index contributed by atoms with van der Waals surface area (Å²) in [6.45, 7) is 6.43. The van der Waals surface area contributed by atoms with Crippen LogP contribution in [0.4, 0.5) is 0 Å². The van der Waals surface area contributed by atoms with Crippen molar-refractivity contribution in [2.75, 3.05) is 26.2 Å². The topological polar surface area (TPSA) is 79.5 Å². The lowest BCUT2D eigenvalue weighted by Gasteiger charge is -2.33. The summed E-state index contributed by atoms with van der Waals surface area (Å²) in [7, 11) is -3.48. The molecule has 4 rings (SSSR count). The Bertz CT molecular complexity index is 1090. The van der Waals surface area contributed by atoms with Crippen molar-refractivity contribution < 1.29 is 12.8 Å². The Morgan fingerprint density at radius 3 is 2.38 bits per heavy atom. The van der Waals surface area contributed by atoms with Gasteiger partial charge in [0.15, 0.2) is 0 Å². The maximum absolute atomic E-state index is 13.0. The van der Waals surface area contributed by atoms with Crippen LogP contribution in [0, 0.1) is 13.8 Å². The summed E-state index contributed by atoms with van der Waals surface area (Å²) < 4.78 is 33.3. The number of nitrogens with zero attached hydrogens (tertiary/aromatic N) is 4. The molecule has 2 aromatic carbocycles. The Morgan fingerprint density at radius 2 is 1.69 bits per heavy atom. The molecule has 1 aromatic heterocycles. The van der Waals surface area contributed by atoms with Gasteiger partial charge in [0.2, 0.25) is 21.8 Å². The van der Waals surface area contributed by atoms with E-state index in [-0.39, 0.29) is 0 Å². The molecule has 0 amide bonds. The molecule has 0 spiro atoms. The standard InChI is InChI=1S/C21H24N4O3S/c1-16-8-9-19(17(2)14-16)29(26,27)25-12-10-24(11-13-25)15-20-22-23-21(28-20)18-6-4-3-5-7-18/h3-9,14H,10-13,15H2,1-2H3. The van der Waals surface area contributed by atoms with Crippen LogP contribution < -0.4 is 0 Å². The lowest BCUT2D eigenvalue weighted by molar-refractivity contribution is 0.168. The van der Waals surface area contributed by atoms with Gasteiger partial charge < -0.3 is 4.42 Å². The predicted molar refractivity (Wildman–Crippen MR) is 110 cm³/mol. The fourth-order valence-electron chi connectivity index (χ4n) is 3.56. The predicted octanol–water partition coefficient (Wildman–Crippen LogP) is 2.86. The molecular weight excluding hydrogens is 388 g/mol. The van der Waals surface area contributed by atoms with Gasteiger partial charge in [-0.05, 0) is 37.6 Å². The second kappa shape index (κ2) is 8.06. The van der Waals surface area contributed by atoms with Crippen molar-refractivity contribution in [1.29, 1.82) is 0 Å². The van der Waals surface area contributed by atoms with E-state index in [2.05, 4.69) is 15.1 Å². The maximum atomic E-state index is 13.0. The molecule has 152 valence electrons. The molecule has 0 N–H and O–H groups in total. The molecule has 1 aliphatic heterocycles. The third-order valence-corrected chi connectivity index (χ3v) is 7.18. The first-order chi connectivity index (χ1) is 13.9. The first-order valence-electron chi connectivity index (χ1n) is 9.61. The number of aryl methyl sites for hydroxylation is 2. The van der Waals surface area contributed by atoms with Gasteiger partial charge >= 0.3 is 0 Å². The van der Waals surface area contributed by atoms with E-state index in [1.807, 2.05) is 56.3 Å². The smallest absolute Gasteiger partial charge is 0.247 e. The van der Waals surface area contributed by atoms with Gasteiger partial charge in [0, 0.05) is 31.7 Å². The van der Waals surface area contributed by atoms with E-state index in [4.69, 9.17) is 4.42 Å². The Kier molecular flexibility index (Phi) is 5.49. The van der Waals surface area contributed by atoms with Crippen LogP contribution in [0.15, 0.2) is 57.8 Å². The second-order valence-electron chi connectivity index (χ2n) is 7.32. The lowest BCUT2D eigenvalue weighted by atomic mass is 10.2. The average Bonchev–Trinajstić information content (AvgIpc) is 3.17. The van der Waals surface area contributed by atoms with Crippen molar-refractivity contribution in [2.24, 2.45) is 0 Å². The number of aromatic nitrogens is 2. The fourth-order valence-corrected chi connectivity index (χ4v) is 5.19. The second-order valence-corrected chi connectivity index (χ2v) is 9.22. The van der Waals surface area contributed by atoms with E-state index >= 15 is 0 Å². The molecule has 0 aliphatic carbocycles. The zero-order chi connectivity index (χ0) is 20.4. The minimum absolute atomic E-state index is 0.390. The van der Waals surface area contributed by atoms with E-state index in [1.54, 1.807) is 10.4 Å². The molecular formula is C21H24N4O3S. The summed E-state index contributed by atoms with van der Waals surface area (Å²) >= 11 is 0. The van der Waals surface area contributed by atoms with E-state index < -0.39 is 10.0 Å². The van der Waals surface area contributed by atoms with Crippen LogP contribution >= 0.6 is 0 Å². The van der Waals surface area contributed by atoms with Gasteiger partial charge in [-0.25, -0.2) is 8.42 Å². The van der Waals surface area contributed by atoms with Crippen molar-refractivity contribution in [3.05, 3.63) is 65.5 Å². The fraction of sp³-hybridized carbons (Fsp3) is 0.333. The van der Waals surface area contributed by atoms with Crippen LogP contribution in [-0.4, -0.2) is 54.0 Å². The minimum Gasteiger partial charge on any atom is -0.419 e. The molecule has 0 bridgehead atoms. The number of hydrogen-bond acceptors (Lipinski definition) is 6. The lowest BCUT2D eigenvalue weighted by Crippen LogP contribution is -2.48. The number of benzene rings is 2. The monoisotopic (exact) mass is 412 g/mol. The Morgan fingerprint density at radius 1 is 0.966 bits per heavy atom. The maximum Gasteiger partial charge on any atom is 0.247 e. The van der Waals surface area contributed by atoms with Crippen LogP contribution in [0.3, 0.4) is 0 Å². The molecule has 1 aliphatic rings. The largest absolute Gasteiger partial charge is 0.419 e. The summed E-state index contributed by atoms with van der Waals surface area (Å²) in [5, 5.41) is 8.24. The van der Waals surface area contributed by atoms with Gasteiger partial charge in [-0.3, -0.25) is 4.90 Å². The van der Waals surface area contributed by atoms with Crippen molar-refractivity contribution in [3.63, 3.8) is 0 Å². The molecule has 0 saturated carbocycles. The van der Waals surface area contributed by atoms with Gasteiger partial charge in [0.25, 0.3) is 0 Å². The van der Waals surface area contributed by atoms with Crippen LogP contribution in [0.25, 0.3) is 11.5 Å². The summed E-state index contributed by atoms with van der Waals surface area (Å²) in [5.41, 5.74) is 2.73. The number of rotatable bonds is 5. The minimum atomic E-state index is -3.48. The molecule has 0 unspecified atom stereocenters. The van der Waals surface area contributed by atoms with Crippen LogP contribution in [0.2, 0.25) is 0 Å². The van der Waals surface area contributed by atoms with Gasteiger partial charge in [0.05, 0.1) is 11.4 Å². The molecule has 0 atom stereocenters. The number of sulfonamides is 1. The molecule has 2 heterocycles. The van der Waals surface area contributed by atoms with Crippen LogP contribution in [0.5, 0.6) is 0 Å². The average molecular weight is 413 g/mol. The van der Waals surface area contributed by atoms with Crippen LogP contribution in [-0.2, 0) is 16.6 Å². The van der Waals surface area contributed by atoms with Crippen molar-refractivity contribution in [3.8, 4) is 11.5 Å². The highest BCUT2D eigenvalue weighted by Gasteiger charge is 2.30. The summed E-state index contributed by atoms with van der Waals surface area (Å²) in [4.78, 5) is 2.52. The summed E-state index contributed by atoms with van der Waals surface area (Å²) in [6, 6.07) is 15.1. The Hall–Kier alpha value is -2.55. The van der Waals surface area contributed by atoms with E-state index in [0.29, 0.717) is 49.4 Å². The highest BCUT2D eigenvalue weighted by molar-refractivity contribution is 7.89. The zero-order valence-electron chi connectivity index (χ0n) is 16.6. The third kappa shape index (κ3) is 4.24. The molecule has 1 saturated heterocycles. The first-order valence-corrected chi connectivity index (χ1v) is 11.0. The number of piperazine rings is 1. The Balaban J connectivity index is 1.39. The van der Waals surface area contributed by atoms with Crippen LogP contribution in [0.1, 0.15) is 17.0 Å². The van der Waals surface area contributed by atoms with E-state index in [0.717, 1.165) is 16.7 Å². The molecule has 3 aromatic rings. The SMILES string of the molecule is Cc1ccc(S(=O)(=O)N2CCN(Cc3nnc(-c4ccccc4)o3)CC2)c(C)c1. The van der Waals surface area contributed by atoms with Crippen molar-refractivity contribution in [1.82, 2.24) is 19.4 Å². The third-order valence-electron chi connectivity index (χ3n) is 5.13. The molecule has 7 nitrogen and oxygen atoms in total. The van der Waals surface area contributed by atoms with Gasteiger partial charge in [0.1, 0.15) is 0 Å². The highest BCUT2D eigenvalue weighted by Crippen LogP contribution is 2.23. The molecule has 8 heteroatoms. The van der Waals surface area contributed by atoms with Gasteiger partial charge in [-0.2, -0.15) is 4.31 Å². The Labute approximate surface area is 171 Å². The van der Waals surface area contributed by atoms with E-state index in [1.165, 1.54) is 0 Å².